The molecular formula is C9H10N6O3. The van der Waals surface area contributed by atoms with Gasteiger partial charge in [0.2, 0.25) is 0 Å². The Bertz CT molecular complexity index is 534. The molecule has 0 aliphatic carbocycles. The molecule has 2 aromatic heterocycles. The minimum Gasteiger partial charge on any atom is -0.476 e. The quantitative estimate of drug-likeness (QED) is 0.698. The van der Waals surface area contributed by atoms with E-state index in [1.807, 2.05) is 0 Å². The van der Waals surface area contributed by atoms with Crippen LogP contribution in [-0.2, 0) is 13.1 Å². The minimum atomic E-state index is -1.13. The molecule has 0 bridgehead atoms. The van der Waals surface area contributed by atoms with Gasteiger partial charge in [-0.05, 0) is 6.07 Å². The number of carbonyl (C=O) groups excluding carboxylic acids is 1. The SMILES string of the molecule is NC(=O)c1ccn(CCn2cc(C(=O)O)nn2)n1. The van der Waals surface area contributed by atoms with Crippen LogP contribution in [0.2, 0.25) is 0 Å². The summed E-state index contributed by atoms with van der Waals surface area (Å²) in [5.74, 6) is -1.72. The van der Waals surface area contributed by atoms with Crippen LogP contribution in [-0.4, -0.2) is 41.8 Å². The Balaban J connectivity index is 1.97. The van der Waals surface area contributed by atoms with Gasteiger partial charge in [0.05, 0.1) is 19.3 Å². The van der Waals surface area contributed by atoms with E-state index in [4.69, 9.17) is 10.8 Å². The summed E-state index contributed by atoms with van der Waals surface area (Å²) >= 11 is 0. The fraction of sp³-hybridized carbons (Fsp3) is 0.222. The number of aromatic carboxylic acids is 1. The maximum atomic E-state index is 10.8. The van der Waals surface area contributed by atoms with Crippen LogP contribution < -0.4 is 5.73 Å². The van der Waals surface area contributed by atoms with E-state index in [-0.39, 0.29) is 11.4 Å². The van der Waals surface area contributed by atoms with Gasteiger partial charge >= 0.3 is 5.97 Å². The molecule has 9 heteroatoms. The zero-order valence-corrected chi connectivity index (χ0v) is 9.22. The van der Waals surface area contributed by atoms with E-state index >= 15 is 0 Å². The fourth-order valence-corrected chi connectivity index (χ4v) is 1.33. The average molecular weight is 250 g/mol. The molecule has 0 aliphatic heterocycles. The number of hydrogen-bond donors (Lipinski definition) is 2. The van der Waals surface area contributed by atoms with E-state index < -0.39 is 11.9 Å². The van der Waals surface area contributed by atoms with Crippen LogP contribution in [0.25, 0.3) is 0 Å². The molecule has 0 aromatic carbocycles. The molecule has 2 heterocycles. The predicted octanol–water partition coefficient (Wildman–Crippen LogP) is -1.03. The van der Waals surface area contributed by atoms with Crippen molar-refractivity contribution in [2.24, 2.45) is 5.73 Å². The summed E-state index contributed by atoms with van der Waals surface area (Å²) in [6.45, 7) is 0.815. The van der Waals surface area contributed by atoms with Crippen LogP contribution in [0, 0.1) is 0 Å². The van der Waals surface area contributed by atoms with Gasteiger partial charge in [-0.2, -0.15) is 5.10 Å². The third kappa shape index (κ3) is 2.51. The maximum Gasteiger partial charge on any atom is 0.358 e. The standard InChI is InChI=1S/C9H10N6O3/c10-8(16)6-1-2-14(12-6)3-4-15-5-7(9(17)18)11-13-15/h1-2,5H,3-4H2,(H2,10,16)(H,17,18). The third-order valence-electron chi connectivity index (χ3n) is 2.21. The van der Waals surface area contributed by atoms with Crippen molar-refractivity contribution in [3.63, 3.8) is 0 Å². The summed E-state index contributed by atoms with van der Waals surface area (Å²) in [7, 11) is 0. The average Bonchev–Trinajstić information content (AvgIpc) is 2.95. The number of primary amides is 1. The number of nitrogens with two attached hydrogens (primary N) is 1. The van der Waals surface area contributed by atoms with E-state index in [1.165, 1.54) is 21.6 Å². The van der Waals surface area contributed by atoms with Crippen LogP contribution in [0.3, 0.4) is 0 Å². The highest BCUT2D eigenvalue weighted by molar-refractivity contribution is 5.90. The molecule has 94 valence electrons. The second-order valence-electron chi connectivity index (χ2n) is 3.50. The van der Waals surface area contributed by atoms with Crippen molar-refractivity contribution in [1.82, 2.24) is 24.8 Å². The van der Waals surface area contributed by atoms with E-state index in [1.54, 1.807) is 6.20 Å². The Hall–Kier alpha value is -2.71. The number of aryl methyl sites for hydroxylation is 2. The van der Waals surface area contributed by atoms with E-state index in [9.17, 15) is 9.59 Å². The Morgan fingerprint density at radius 1 is 1.28 bits per heavy atom. The molecule has 2 rings (SSSR count). The first kappa shape index (κ1) is 11.8. The fourth-order valence-electron chi connectivity index (χ4n) is 1.33. The smallest absolute Gasteiger partial charge is 0.358 e. The summed E-state index contributed by atoms with van der Waals surface area (Å²) in [6.07, 6.45) is 2.93. The van der Waals surface area contributed by atoms with E-state index in [0.717, 1.165) is 0 Å². The molecule has 0 fully saturated rings. The molecule has 0 radical (unpaired) electrons. The summed E-state index contributed by atoms with van der Waals surface area (Å²) in [5, 5.41) is 19.7. The van der Waals surface area contributed by atoms with E-state index in [2.05, 4.69) is 15.4 Å². The third-order valence-corrected chi connectivity index (χ3v) is 2.21. The topological polar surface area (TPSA) is 129 Å². The van der Waals surface area contributed by atoms with Gasteiger partial charge < -0.3 is 10.8 Å². The number of carboxylic acids is 1. The second-order valence-corrected chi connectivity index (χ2v) is 3.50. The van der Waals surface area contributed by atoms with Gasteiger partial charge in [-0.1, -0.05) is 5.21 Å². The van der Waals surface area contributed by atoms with E-state index in [0.29, 0.717) is 13.1 Å². The zero-order chi connectivity index (χ0) is 13.1. The van der Waals surface area contributed by atoms with Crippen molar-refractivity contribution in [2.75, 3.05) is 0 Å². The van der Waals surface area contributed by atoms with Crippen molar-refractivity contribution in [2.45, 2.75) is 13.1 Å². The summed E-state index contributed by atoms with van der Waals surface area (Å²) in [6, 6.07) is 1.51. The van der Waals surface area contributed by atoms with Gasteiger partial charge in [0.1, 0.15) is 5.69 Å². The first-order valence-electron chi connectivity index (χ1n) is 5.03. The summed E-state index contributed by atoms with van der Waals surface area (Å²) < 4.78 is 2.90. The molecule has 3 N–H and O–H groups in total. The van der Waals surface area contributed by atoms with Crippen molar-refractivity contribution >= 4 is 11.9 Å². The summed E-state index contributed by atoms with van der Waals surface area (Å²) in [4.78, 5) is 21.4. The van der Waals surface area contributed by atoms with Gasteiger partial charge in [-0.25, -0.2) is 9.48 Å². The lowest BCUT2D eigenvalue weighted by Gasteiger charge is -2.00. The minimum absolute atomic E-state index is 0.117. The molecule has 1 amide bonds. The number of amides is 1. The van der Waals surface area contributed by atoms with Crippen LogP contribution >= 0.6 is 0 Å². The molecule has 2 aromatic rings. The number of carbonyl (C=O) groups is 2. The molecule has 0 unspecified atom stereocenters. The number of carboxylic acid groups (broad SMARTS) is 1. The van der Waals surface area contributed by atoms with Gasteiger partial charge in [0.25, 0.3) is 5.91 Å². The normalized spacial score (nSPS) is 10.4. The lowest BCUT2D eigenvalue weighted by molar-refractivity contribution is 0.0690. The first-order chi connectivity index (χ1) is 8.56. The van der Waals surface area contributed by atoms with Gasteiger partial charge in [0, 0.05) is 6.20 Å². The maximum absolute atomic E-state index is 10.8. The van der Waals surface area contributed by atoms with Crippen molar-refractivity contribution < 1.29 is 14.7 Å². The molecule has 0 saturated carbocycles. The Kier molecular flexibility index (Phi) is 3.04. The van der Waals surface area contributed by atoms with Crippen molar-refractivity contribution in [1.29, 1.82) is 0 Å². The van der Waals surface area contributed by atoms with Crippen LogP contribution in [0.15, 0.2) is 18.5 Å². The van der Waals surface area contributed by atoms with Crippen LogP contribution in [0.4, 0.5) is 0 Å². The highest BCUT2D eigenvalue weighted by atomic mass is 16.4. The Morgan fingerprint density at radius 2 is 2.00 bits per heavy atom. The highest BCUT2D eigenvalue weighted by Crippen LogP contribution is 1.97. The number of aromatic nitrogens is 5. The lowest BCUT2D eigenvalue weighted by Crippen LogP contribution is -2.14. The monoisotopic (exact) mass is 250 g/mol. The van der Waals surface area contributed by atoms with Crippen LogP contribution in [0.1, 0.15) is 21.0 Å². The van der Waals surface area contributed by atoms with Gasteiger partial charge in [0.15, 0.2) is 5.69 Å². The number of nitrogens with zero attached hydrogens (tertiary/aromatic N) is 5. The first-order valence-corrected chi connectivity index (χ1v) is 5.03. The Morgan fingerprint density at radius 3 is 2.56 bits per heavy atom. The molecular weight excluding hydrogens is 240 g/mol. The molecule has 0 spiro atoms. The number of rotatable bonds is 5. The van der Waals surface area contributed by atoms with Crippen molar-refractivity contribution in [3.8, 4) is 0 Å². The molecule has 18 heavy (non-hydrogen) atoms. The van der Waals surface area contributed by atoms with Crippen LogP contribution in [0.5, 0.6) is 0 Å². The predicted molar refractivity (Wildman–Crippen MR) is 57.7 cm³/mol. The molecule has 0 aliphatic rings. The lowest BCUT2D eigenvalue weighted by atomic mass is 10.4. The number of hydrogen-bond acceptors (Lipinski definition) is 5. The van der Waals surface area contributed by atoms with Gasteiger partial charge in [-0.3, -0.25) is 9.48 Å². The largest absolute Gasteiger partial charge is 0.476 e. The van der Waals surface area contributed by atoms with Crippen molar-refractivity contribution in [3.05, 3.63) is 29.8 Å². The highest BCUT2D eigenvalue weighted by Gasteiger charge is 2.08. The molecule has 9 nitrogen and oxygen atoms in total. The zero-order valence-electron chi connectivity index (χ0n) is 9.22. The molecule has 0 atom stereocenters. The Labute approximate surface area is 101 Å². The van der Waals surface area contributed by atoms with Gasteiger partial charge in [-0.15, -0.1) is 5.10 Å². The second kappa shape index (κ2) is 4.65. The molecule has 0 saturated heterocycles. The summed E-state index contributed by atoms with van der Waals surface area (Å²) in [5.41, 5.74) is 5.13.